The van der Waals surface area contributed by atoms with E-state index in [9.17, 15) is 22.8 Å². The molecule has 0 radical (unpaired) electrons. The van der Waals surface area contributed by atoms with Crippen molar-refractivity contribution in [2.45, 2.75) is 30.2 Å². The second-order valence-electron chi connectivity index (χ2n) is 9.21. The van der Waals surface area contributed by atoms with Gasteiger partial charge >= 0.3 is 0 Å². The van der Waals surface area contributed by atoms with Gasteiger partial charge in [-0.2, -0.15) is 4.31 Å². The van der Waals surface area contributed by atoms with Crippen molar-refractivity contribution in [1.29, 1.82) is 0 Å². The van der Waals surface area contributed by atoms with E-state index in [-0.39, 0.29) is 23.9 Å². The van der Waals surface area contributed by atoms with E-state index in [1.165, 1.54) is 10.4 Å². The van der Waals surface area contributed by atoms with Crippen LogP contribution >= 0.6 is 0 Å². The van der Waals surface area contributed by atoms with E-state index in [4.69, 9.17) is 0 Å². The maximum Gasteiger partial charge on any atom is 0.261 e. The van der Waals surface area contributed by atoms with Crippen molar-refractivity contribution in [2.24, 2.45) is 0 Å². The topological polar surface area (TPSA) is 104 Å². The molecule has 0 aliphatic carbocycles. The van der Waals surface area contributed by atoms with Gasteiger partial charge in [-0.25, -0.2) is 8.42 Å². The van der Waals surface area contributed by atoms with E-state index in [1.807, 2.05) is 24.3 Å². The van der Waals surface area contributed by atoms with E-state index in [0.717, 1.165) is 21.6 Å². The van der Waals surface area contributed by atoms with Gasteiger partial charge in [-0.15, -0.1) is 0 Å². The van der Waals surface area contributed by atoms with Crippen LogP contribution in [0.3, 0.4) is 0 Å². The molecule has 0 unspecified atom stereocenters. The van der Waals surface area contributed by atoms with Crippen molar-refractivity contribution in [1.82, 2.24) is 9.21 Å². The molecule has 1 N–H and O–H groups in total. The second kappa shape index (κ2) is 8.39. The number of aryl methyl sites for hydroxylation is 1. The van der Waals surface area contributed by atoms with Gasteiger partial charge < -0.3 is 5.32 Å². The fourth-order valence-electron chi connectivity index (χ4n) is 5.34. The Morgan fingerprint density at radius 1 is 0.806 bits per heavy atom. The summed E-state index contributed by atoms with van der Waals surface area (Å²) in [5.41, 5.74) is 3.84. The SMILES string of the molecule is O=C1CCc2cc(S(=O)(=O)N3CCc4ccccc4[C@H]3CN3C(=O)c4ccccc4C3=O)ccc2N1. The third kappa shape index (κ3) is 3.54. The molecule has 0 aromatic heterocycles. The van der Waals surface area contributed by atoms with Crippen LogP contribution in [0.5, 0.6) is 0 Å². The summed E-state index contributed by atoms with van der Waals surface area (Å²) in [6, 6.07) is 18.2. The van der Waals surface area contributed by atoms with E-state index < -0.39 is 27.9 Å². The van der Waals surface area contributed by atoms with Crippen LogP contribution in [0.25, 0.3) is 0 Å². The first kappa shape index (κ1) is 22.6. The Labute approximate surface area is 208 Å². The third-order valence-corrected chi connectivity index (χ3v) is 9.08. The fourth-order valence-corrected chi connectivity index (χ4v) is 6.99. The van der Waals surface area contributed by atoms with Crippen LogP contribution in [0.15, 0.2) is 71.6 Å². The Morgan fingerprint density at radius 2 is 1.50 bits per heavy atom. The van der Waals surface area contributed by atoms with Gasteiger partial charge in [-0.1, -0.05) is 36.4 Å². The number of fused-ring (bicyclic) bond motifs is 3. The molecule has 0 bridgehead atoms. The molecule has 0 spiro atoms. The number of anilines is 1. The summed E-state index contributed by atoms with van der Waals surface area (Å²) in [6.45, 7) is 0.143. The first-order valence-electron chi connectivity index (χ1n) is 11.8. The number of nitrogens with zero attached hydrogens (tertiary/aromatic N) is 2. The third-order valence-electron chi connectivity index (χ3n) is 7.18. The Bertz CT molecular complexity index is 1510. The number of hydrogen-bond donors (Lipinski definition) is 1. The Kier molecular flexibility index (Phi) is 5.27. The standard InChI is InChI=1S/C27H23N3O5S/c31-25-12-9-18-15-19(10-11-23(18)28-25)36(34,35)30-14-13-17-5-1-2-6-20(17)24(30)16-29-26(32)21-7-3-4-8-22(21)27(29)33/h1-8,10-11,15,24H,9,12-14,16H2,(H,28,31)/t24-/m1/s1. The molecule has 6 rings (SSSR count). The van der Waals surface area contributed by atoms with E-state index in [1.54, 1.807) is 36.4 Å². The van der Waals surface area contributed by atoms with Crippen molar-refractivity contribution in [3.63, 3.8) is 0 Å². The number of nitrogens with one attached hydrogen (secondary N) is 1. The van der Waals surface area contributed by atoms with E-state index >= 15 is 0 Å². The molecule has 3 aliphatic rings. The molecule has 3 aromatic rings. The molecule has 3 heterocycles. The lowest BCUT2D eigenvalue weighted by atomic mass is 9.94. The molecule has 36 heavy (non-hydrogen) atoms. The minimum atomic E-state index is -3.97. The van der Waals surface area contributed by atoms with E-state index in [2.05, 4.69) is 5.32 Å². The fraction of sp³-hybridized carbons (Fsp3) is 0.222. The lowest BCUT2D eigenvalue weighted by molar-refractivity contribution is -0.116. The van der Waals surface area contributed by atoms with Crippen molar-refractivity contribution in [3.8, 4) is 0 Å². The molecule has 3 aromatic carbocycles. The number of carbonyl (C=O) groups excluding carboxylic acids is 3. The number of amides is 3. The number of benzene rings is 3. The predicted molar refractivity (Wildman–Crippen MR) is 132 cm³/mol. The van der Waals surface area contributed by atoms with Gasteiger partial charge in [0.15, 0.2) is 0 Å². The average molecular weight is 502 g/mol. The molecule has 8 nitrogen and oxygen atoms in total. The van der Waals surface area contributed by atoms with Crippen LogP contribution in [0, 0.1) is 0 Å². The van der Waals surface area contributed by atoms with Crippen LogP contribution in [0.4, 0.5) is 5.69 Å². The van der Waals surface area contributed by atoms with Crippen LogP contribution in [-0.4, -0.2) is 48.4 Å². The minimum absolute atomic E-state index is 0.0798. The van der Waals surface area contributed by atoms with Crippen molar-refractivity contribution < 1.29 is 22.8 Å². The van der Waals surface area contributed by atoms with Crippen LogP contribution < -0.4 is 5.32 Å². The average Bonchev–Trinajstić information content (AvgIpc) is 3.13. The van der Waals surface area contributed by atoms with Crippen LogP contribution in [0.2, 0.25) is 0 Å². The molecular weight excluding hydrogens is 478 g/mol. The maximum absolute atomic E-state index is 14.0. The zero-order chi connectivity index (χ0) is 25.0. The number of carbonyl (C=O) groups is 3. The minimum Gasteiger partial charge on any atom is -0.326 e. The summed E-state index contributed by atoms with van der Waals surface area (Å²) >= 11 is 0. The Hall–Kier alpha value is -3.82. The number of rotatable bonds is 4. The van der Waals surface area contributed by atoms with Crippen LogP contribution in [0.1, 0.15) is 49.9 Å². The number of sulfonamides is 1. The molecule has 1 atom stereocenters. The summed E-state index contributed by atoms with van der Waals surface area (Å²) < 4.78 is 29.3. The highest BCUT2D eigenvalue weighted by Gasteiger charge is 2.42. The quantitative estimate of drug-likeness (QED) is 0.553. The summed E-state index contributed by atoms with van der Waals surface area (Å²) in [5, 5.41) is 2.78. The Morgan fingerprint density at radius 3 is 2.25 bits per heavy atom. The first-order chi connectivity index (χ1) is 17.3. The molecule has 3 aliphatic heterocycles. The Balaban J connectivity index is 1.39. The van der Waals surface area contributed by atoms with Crippen molar-refractivity contribution >= 4 is 33.4 Å². The number of hydrogen-bond acceptors (Lipinski definition) is 5. The van der Waals surface area contributed by atoms with Gasteiger partial charge in [0.1, 0.15) is 0 Å². The summed E-state index contributed by atoms with van der Waals surface area (Å²) in [5.74, 6) is -0.923. The molecule has 0 saturated heterocycles. The molecule has 182 valence electrons. The largest absolute Gasteiger partial charge is 0.326 e. The smallest absolute Gasteiger partial charge is 0.261 e. The van der Waals surface area contributed by atoms with Gasteiger partial charge in [0, 0.05) is 18.7 Å². The van der Waals surface area contributed by atoms with Crippen LogP contribution in [-0.2, 0) is 27.7 Å². The lowest BCUT2D eigenvalue weighted by Crippen LogP contribution is -2.46. The number of imide groups is 1. The summed E-state index contributed by atoms with van der Waals surface area (Å²) in [6.07, 6.45) is 1.29. The molecule has 3 amide bonds. The van der Waals surface area contributed by atoms with Gasteiger partial charge in [-0.3, -0.25) is 19.3 Å². The van der Waals surface area contributed by atoms with Gasteiger partial charge in [0.25, 0.3) is 11.8 Å². The monoisotopic (exact) mass is 501 g/mol. The molecule has 0 fully saturated rings. The lowest BCUT2D eigenvalue weighted by Gasteiger charge is -2.38. The predicted octanol–water partition coefficient (Wildman–Crippen LogP) is 3.16. The van der Waals surface area contributed by atoms with Crippen molar-refractivity contribution in [3.05, 3.63) is 94.5 Å². The second-order valence-corrected chi connectivity index (χ2v) is 11.1. The summed E-state index contributed by atoms with van der Waals surface area (Å²) in [7, 11) is -3.97. The highest BCUT2D eigenvalue weighted by molar-refractivity contribution is 7.89. The van der Waals surface area contributed by atoms with Crippen molar-refractivity contribution in [2.75, 3.05) is 18.4 Å². The van der Waals surface area contributed by atoms with Gasteiger partial charge in [0.05, 0.1) is 28.6 Å². The van der Waals surface area contributed by atoms with E-state index in [0.29, 0.717) is 36.1 Å². The highest BCUT2D eigenvalue weighted by Crippen LogP contribution is 2.37. The highest BCUT2D eigenvalue weighted by atomic mass is 32.2. The summed E-state index contributed by atoms with van der Waals surface area (Å²) in [4.78, 5) is 39.2. The van der Waals surface area contributed by atoms with Gasteiger partial charge in [-0.05, 0) is 59.9 Å². The zero-order valence-corrected chi connectivity index (χ0v) is 20.1. The molecular formula is C27H23N3O5S. The normalized spacial score (nSPS) is 19.5. The molecule has 9 heteroatoms. The van der Waals surface area contributed by atoms with Gasteiger partial charge in [0.2, 0.25) is 15.9 Å². The first-order valence-corrected chi connectivity index (χ1v) is 13.3. The molecule has 0 saturated carbocycles. The zero-order valence-electron chi connectivity index (χ0n) is 19.3. The maximum atomic E-state index is 14.0.